The van der Waals surface area contributed by atoms with E-state index in [2.05, 4.69) is 16.0 Å². The van der Waals surface area contributed by atoms with E-state index in [0.29, 0.717) is 22.8 Å². The monoisotopic (exact) mass is 407 g/mol. The van der Waals surface area contributed by atoms with Crippen LogP contribution in [0.1, 0.15) is 24.6 Å². The van der Waals surface area contributed by atoms with Crippen LogP contribution in [-0.2, 0) is 9.59 Å². The Labute approximate surface area is 166 Å². The molecule has 0 atom stereocenters. The first-order chi connectivity index (χ1) is 12.5. The van der Waals surface area contributed by atoms with Crippen LogP contribution in [0.25, 0.3) is 6.08 Å². The topological polar surface area (TPSA) is 70.2 Å². The van der Waals surface area contributed by atoms with Crippen LogP contribution in [0.5, 0.6) is 0 Å². The zero-order valence-corrected chi connectivity index (χ0v) is 16.4. The van der Waals surface area contributed by atoms with Crippen molar-refractivity contribution in [3.05, 3.63) is 51.7 Å². The number of thiocarbonyl (C=S) groups is 1. The van der Waals surface area contributed by atoms with Crippen molar-refractivity contribution >= 4 is 69.5 Å². The largest absolute Gasteiger partial charge is 0.331 e. The Morgan fingerprint density at radius 2 is 2.08 bits per heavy atom. The van der Waals surface area contributed by atoms with E-state index >= 15 is 0 Å². The lowest BCUT2D eigenvalue weighted by molar-refractivity contribution is -0.116. The van der Waals surface area contributed by atoms with Crippen LogP contribution in [0, 0.1) is 0 Å². The number of hydrogen-bond acceptors (Lipinski definition) is 4. The average molecular weight is 408 g/mol. The minimum Gasteiger partial charge on any atom is -0.331 e. The van der Waals surface area contributed by atoms with Crippen molar-refractivity contribution in [2.45, 2.75) is 19.8 Å². The fourth-order valence-electron chi connectivity index (χ4n) is 2.00. The number of hydrogen-bond donors (Lipinski definition) is 3. The second kappa shape index (κ2) is 10.1. The maximum absolute atomic E-state index is 11.9. The molecule has 2 aromatic rings. The molecule has 0 bridgehead atoms. The Bertz CT molecular complexity index is 820. The Balaban J connectivity index is 1.95. The summed E-state index contributed by atoms with van der Waals surface area (Å²) in [5.41, 5.74) is 1.09. The molecule has 0 unspecified atom stereocenters. The van der Waals surface area contributed by atoms with Crippen LogP contribution in [0.15, 0.2) is 41.8 Å². The molecule has 136 valence electrons. The van der Waals surface area contributed by atoms with Gasteiger partial charge in [-0.15, -0.1) is 11.3 Å². The van der Waals surface area contributed by atoms with E-state index in [1.165, 1.54) is 17.4 Å². The van der Waals surface area contributed by atoms with Gasteiger partial charge in [0.25, 0.3) is 0 Å². The van der Waals surface area contributed by atoms with Crippen molar-refractivity contribution in [1.29, 1.82) is 0 Å². The molecule has 0 spiro atoms. The number of amides is 2. The number of benzene rings is 1. The molecule has 8 heteroatoms. The highest BCUT2D eigenvalue weighted by molar-refractivity contribution is 7.80. The third kappa shape index (κ3) is 6.59. The molecule has 0 radical (unpaired) electrons. The summed E-state index contributed by atoms with van der Waals surface area (Å²) in [5.74, 6) is -0.421. The van der Waals surface area contributed by atoms with Crippen LogP contribution >= 0.6 is 35.2 Å². The fraction of sp³-hybridized carbons (Fsp3) is 0.167. The summed E-state index contributed by atoms with van der Waals surface area (Å²) in [6.45, 7) is 1.93. The molecule has 26 heavy (non-hydrogen) atoms. The molecule has 0 aliphatic carbocycles. The van der Waals surface area contributed by atoms with E-state index in [1.54, 1.807) is 24.3 Å². The van der Waals surface area contributed by atoms with E-state index in [4.69, 9.17) is 23.8 Å². The van der Waals surface area contributed by atoms with E-state index in [-0.39, 0.29) is 16.9 Å². The zero-order chi connectivity index (χ0) is 18.9. The number of anilines is 2. The maximum Gasteiger partial charge on any atom is 0.250 e. The summed E-state index contributed by atoms with van der Waals surface area (Å²) >= 11 is 12.8. The van der Waals surface area contributed by atoms with E-state index in [0.717, 1.165) is 11.3 Å². The van der Waals surface area contributed by atoms with Gasteiger partial charge in [0.05, 0.1) is 10.7 Å². The molecular weight excluding hydrogens is 390 g/mol. The smallest absolute Gasteiger partial charge is 0.250 e. The normalized spacial score (nSPS) is 10.5. The van der Waals surface area contributed by atoms with Crippen LogP contribution in [0.4, 0.5) is 11.4 Å². The molecule has 0 saturated carbocycles. The quantitative estimate of drug-likeness (QED) is 0.481. The Morgan fingerprint density at radius 1 is 1.27 bits per heavy atom. The van der Waals surface area contributed by atoms with Crippen LogP contribution in [0.2, 0.25) is 5.02 Å². The number of nitrogens with one attached hydrogen (secondary N) is 3. The Hall–Kier alpha value is -2.22. The van der Waals surface area contributed by atoms with Gasteiger partial charge in [0, 0.05) is 23.1 Å². The molecular formula is C18H18ClN3O2S2. The van der Waals surface area contributed by atoms with Gasteiger partial charge in [-0.2, -0.15) is 0 Å². The summed E-state index contributed by atoms with van der Waals surface area (Å²) < 4.78 is 0. The van der Waals surface area contributed by atoms with Gasteiger partial charge in [-0.25, -0.2) is 0 Å². The van der Waals surface area contributed by atoms with Crippen LogP contribution in [-0.4, -0.2) is 16.9 Å². The standard InChI is InChI=1S/C18H18ClN3O2S2/c1-2-4-16(23)20-12-6-8-14(19)15(11-12)21-18(25)22-17(24)9-7-13-5-3-10-26-13/h3,5-11H,2,4H2,1H3,(H,20,23)(H2,21,22,24,25)/b9-7+. The van der Waals surface area contributed by atoms with Crippen LogP contribution in [0.3, 0.4) is 0 Å². The molecule has 2 rings (SSSR count). The van der Waals surface area contributed by atoms with Crippen molar-refractivity contribution in [3.63, 3.8) is 0 Å². The van der Waals surface area contributed by atoms with Crippen molar-refractivity contribution in [2.75, 3.05) is 10.6 Å². The highest BCUT2D eigenvalue weighted by Crippen LogP contribution is 2.25. The van der Waals surface area contributed by atoms with Gasteiger partial charge in [-0.05, 0) is 54.4 Å². The fourth-order valence-corrected chi connectivity index (χ4v) is 2.99. The van der Waals surface area contributed by atoms with E-state index in [1.807, 2.05) is 24.4 Å². The number of thiophene rings is 1. The van der Waals surface area contributed by atoms with E-state index < -0.39 is 0 Å². The number of rotatable bonds is 6. The van der Waals surface area contributed by atoms with Gasteiger partial charge >= 0.3 is 0 Å². The second-order valence-corrected chi connectivity index (χ2v) is 7.08. The number of carbonyl (C=O) groups excluding carboxylic acids is 2. The first-order valence-electron chi connectivity index (χ1n) is 7.91. The third-order valence-corrected chi connectivity index (χ3v) is 4.53. The van der Waals surface area contributed by atoms with Gasteiger partial charge in [0.1, 0.15) is 0 Å². The van der Waals surface area contributed by atoms with Crippen LogP contribution < -0.4 is 16.0 Å². The molecule has 1 aromatic heterocycles. The summed E-state index contributed by atoms with van der Waals surface area (Å²) in [5, 5.41) is 10.7. The lowest BCUT2D eigenvalue weighted by Crippen LogP contribution is -2.32. The molecule has 1 aromatic carbocycles. The Kier molecular flexibility index (Phi) is 7.77. The average Bonchev–Trinajstić information content (AvgIpc) is 3.09. The van der Waals surface area contributed by atoms with Gasteiger partial charge < -0.3 is 10.6 Å². The number of carbonyl (C=O) groups is 2. The minimum atomic E-state index is -0.348. The first-order valence-corrected chi connectivity index (χ1v) is 9.57. The highest BCUT2D eigenvalue weighted by Gasteiger charge is 2.08. The SMILES string of the molecule is CCCC(=O)Nc1ccc(Cl)c(NC(=S)NC(=O)/C=C/c2cccs2)c1. The van der Waals surface area contributed by atoms with Crippen molar-refractivity contribution < 1.29 is 9.59 Å². The van der Waals surface area contributed by atoms with Crippen molar-refractivity contribution in [2.24, 2.45) is 0 Å². The van der Waals surface area contributed by atoms with E-state index in [9.17, 15) is 9.59 Å². The molecule has 0 aliphatic rings. The molecule has 2 amide bonds. The summed E-state index contributed by atoms with van der Waals surface area (Å²) in [6.07, 6.45) is 4.32. The summed E-state index contributed by atoms with van der Waals surface area (Å²) in [6, 6.07) is 8.82. The molecule has 0 fully saturated rings. The zero-order valence-electron chi connectivity index (χ0n) is 14.0. The van der Waals surface area contributed by atoms with Gasteiger partial charge in [0.2, 0.25) is 11.8 Å². The molecule has 5 nitrogen and oxygen atoms in total. The van der Waals surface area contributed by atoms with Crippen molar-refractivity contribution in [3.8, 4) is 0 Å². The lowest BCUT2D eigenvalue weighted by Gasteiger charge is -2.12. The maximum atomic E-state index is 11.9. The molecule has 1 heterocycles. The van der Waals surface area contributed by atoms with Gasteiger partial charge in [-0.3, -0.25) is 14.9 Å². The van der Waals surface area contributed by atoms with Crippen molar-refractivity contribution in [1.82, 2.24) is 5.32 Å². The molecule has 3 N–H and O–H groups in total. The molecule has 0 saturated heterocycles. The second-order valence-electron chi connectivity index (χ2n) is 5.28. The predicted molar refractivity (Wildman–Crippen MR) is 113 cm³/mol. The third-order valence-electron chi connectivity index (χ3n) is 3.15. The molecule has 0 aliphatic heterocycles. The number of halogens is 1. The predicted octanol–water partition coefficient (Wildman–Crippen LogP) is 4.67. The highest BCUT2D eigenvalue weighted by atomic mass is 35.5. The minimum absolute atomic E-state index is 0.0737. The Morgan fingerprint density at radius 3 is 2.77 bits per heavy atom. The van der Waals surface area contributed by atoms with Gasteiger partial charge in [-0.1, -0.05) is 24.6 Å². The summed E-state index contributed by atoms with van der Waals surface area (Å²) in [7, 11) is 0. The summed E-state index contributed by atoms with van der Waals surface area (Å²) in [4.78, 5) is 24.6. The lowest BCUT2D eigenvalue weighted by atomic mass is 10.2. The van der Waals surface area contributed by atoms with Gasteiger partial charge in [0.15, 0.2) is 5.11 Å². The first kappa shape index (κ1) is 20.1.